The number of hydrogen-bond acceptors (Lipinski definition) is 3. The van der Waals surface area contributed by atoms with E-state index in [4.69, 9.17) is 11.0 Å². The fourth-order valence-corrected chi connectivity index (χ4v) is 1.64. The number of nitriles is 1. The molecule has 0 bridgehead atoms. The Hall–Kier alpha value is -1.08. The quantitative estimate of drug-likeness (QED) is 0.614. The van der Waals surface area contributed by atoms with Crippen molar-refractivity contribution in [3.05, 3.63) is 0 Å². The Bertz CT molecular complexity index is 226. The SMILES string of the molecule is N#CCCNC(=O)C1(N)CCCC1. The Labute approximate surface area is 78.1 Å². The van der Waals surface area contributed by atoms with Gasteiger partial charge in [-0.1, -0.05) is 12.8 Å². The summed E-state index contributed by atoms with van der Waals surface area (Å²) in [5, 5.41) is 11.0. The van der Waals surface area contributed by atoms with Gasteiger partial charge in [0, 0.05) is 6.54 Å². The van der Waals surface area contributed by atoms with Crippen molar-refractivity contribution in [2.24, 2.45) is 5.73 Å². The number of rotatable bonds is 3. The number of nitrogens with two attached hydrogens (primary N) is 1. The second-order valence-electron chi connectivity index (χ2n) is 3.53. The van der Waals surface area contributed by atoms with Gasteiger partial charge in [0.2, 0.25) is 5.91 Å². The van der Waals surface area contributed by atoms with Gasteiger partial charge in [0.05, 0.1) is 18.0 Å². The van der Waals surface area contributed by atoms with Crippen molar-refractivity contribution in [2.75, 3.05) is 6.54 Å². The molecule has 0 aliphatic heterocycles. The Morgan fingerprint density at radius 2 is 2.15 bits per heavy atom. The number of nitrogens with zero attached hydrogens (tertiary/aromatic N) is 1. The topological polar surface area (TPSA) is 78.9 Å². The Kier molecular flexibility index (Phi) is 3.26. The highest BCUT2D eigenvalue weighted by molar-refractivity contribution is 5.86. The van der Waals surface area contributed by atoms with Gasteiger partial charge in [-0.2, -0.15) is 5.26 Å². The van der Waals surface area contributed by atoms with Crippen LogP contribution in [0.15, 0.2) is 0 Å². The van der Waals surface area contributed by atoms with E-state index in [1.807, 2.05) is 6.07 Å². The highest BCUT2D eigenvalue weighted by Crippen LogP contribution is 2.26. The van der Waals surface area contributed by atoms with Crippen LogP contribution in [-0.4, -0.2) is 18.0 Å². The van der Waals surface area contributed by atoms with Gasteiger partial charge in [0.25, 0.3) is 0 Å². The van der Waals surface area contributed by atoms with Crippen LogP contribution < -0.4 is 11.1 Å². The van der Waals surface area contributed by atoms with Crippen LogP contribution in [0.4, 0.5) is 0 Å². The maximum absolute atomic E-state index is 11.5. The molecule has 4 heteroatoms. The zero-order chi connectivity index (χ0) is 9.73. The van der Waals surface area contributed by atoms with Crippen molar-refractivity contribution in [1.29, 1.82) is 5.26 Å². The summed E-state index contributed by atoms with van der Waals surface area (Å²) >= 11 is 0. The first-order valence-electron chi connectivity index (χ1n) is 4.63. The Morgan fingerprint density at radius 1 is 1.54 bits per heavy atom. The first-order valence-corrected chi connectivity index (χ1v) is 4.63. The zero-order valence-corrected chi connectivity index (χ0v) is 7.68. The molecule has 1 amide bonds. The lowest BCUT2D eigenvalue weighted by Crippen LogP contribution is -2.52. The molecule has 0 aromatic heterocycles. The highest BCUT2D eigenvalue weighted by Gasteiger charge is 2.36. The third kappa shape index (κ3) is 2.43. The minimum absolute atomic E-state index is 0.0970. The van der Waals surface area contributed by atoms with Crippen LogP contribution >= 0.6 is 0 Å². The fraction of sp³-hybridized carbons (Fsp3) is 0.778. The van der Waals surface area contributed by atoms with Crippen LogP contribution in [0.1, 0.15) is 32.1 Å². The van der Waals surface area contributed by atoms with Crippen molar-refractivity contribution < 1.29 is 4.79 Å². The normalized spacial score (nSPS) is 19.4. The van der Waals surface area contributed by atoms with E-state index in [1.165, 1.54) is 0 Å². The van der Waals surface area contributed by atoms with E-state index in [1.54, 1.807) is 0 Å². The fourth-order valence-electron chi connectivity index (χ4n) is 1.64. The molecule has 1 saturated carbocycles. The van der Waals surface area contributed by atoms with Crippen LogP contribution in [0.2, 0.25) is 0 Å². The van der Waals surface area contributed by atoms with Gasteiger partial charge < -0.3 is 11.1 Å². The van der Waals surface area contributed by atoms with Crippen molar-refractivity contribution in [3.63, 3.8) is 0 Å². The van der Waals surface area contributed by atoms with Gasteiger partial charge in [-0.05, 0) is 12.8 Å². The van der Waals surface area contributed by atoms with Crippen LogP contribution in [0.25, 0.3) is 0 Å². The Balaban J connectivity index is 2.34. The monoisotopic (exact) mass is 181 g/mol. The molecule has 0 aromatic carbocycles. The molecular weight excluding hydrogens is 166 g/mol. The molecule has 1 aliphatic rings. The van der Waals surface area contributed by atoms with E-state index in [2.05, 4.69) is 5.32 Å². The Morgan fingerprint density at radius 3 is 2.69 bits per heavy atom. The molecule has 13 heavy (non-hydrogen) atoms. The smallest absolute Gasteiger partial charge is 0.240 e. The van der Waals surface area contributed by atoms with Crippen molar-refractivity contribution >= 4 is 5.91 Å². The lowest BCUT2D eigenvalue weighted by atomic mass is 9.98. The van der Waals surface area contributed by atoms with E-state index in [9.17, 15) is 4.79 Å². The molecule has 1 fully saturated rings. The highest BCUT2D eigenvalue weighted by atomic mass is 16.2. The van der Waals surface area contributed by atoms with Gasteiger partial charge in [-0.3, -0.25) is 4.79 Å². The molecule has 1 rings (SSSR count). The molecule has 0 unspecified atom stereocenters. The van der Waals surface area contributed by atoms with Crippen LogP contribution in [-0.2, 0) is 4.79 Å². The maximum Gasteiger partial charge on any atom is 0.240 e. The first kappa shape index (κ1) is 10.0. The number of nitrogens with one attached hydrogen (secondary N) is 1. The van der Waals surface area contributed by atoms with E-state index in [-0.39, 0.29) is 5.91 Å². The summed E-state index contributed by atoms with van der Waals surface area (Å²) in [6.07, 6.45) is 3.95. The predicted octanol–water partition coefficient (Wildman–Crippen LogP) is 0.288. The molecule has 0 aromatic rings. The first-order chi connectivity index (χ1) is 6.19. The minimum atomic E-state index is -0.657. The molecule has 0 atom stereocenters. The predicted molar refractivity (Wildman–Crippen MR) is 48.6 cm³/mol. The van der Waals surface area contributed by atoms with E-state index >= 15 is 0 Å². The second kappa shape index (κ2) is 4.24. The van der Waals surface area contributed by atoms with E-state index in [0.717, 1.165) is 25.7 Å². The van der Waals surface area contributed by atoms with Crippen molar-refractivity contribution in [2.45, 2.75) is 37.6 Å². The molecular formula is C9H15N3O. The molecule has 1 aliphatic carbocycles. The largest absolute Gasteiger partial charge is 0.353 e. The summed E-state index contributed by atoms with van der Waals surface area (Å²) in [7, 11) is 0. The third-order valence-electron chi connectivity index (χ3n) is 2.47. The second-order valence-corrected chi connectivity index (χ2v) is 3.53. The summed E-state index contributed by atoms with van der Waals surface area (Å²) in [6, 6.07) is 1.97. The number of hydrogen-bond donors (Lipinski definition) is 2. The van der Waals surface area contributed by atoms with Gasteiger partial charge in [0.1, 0.15) is 0 Å². The number of carbonyl (C=O) groups is 1. The summed E-state index contributed by atoms with van der Waals surface area (Å²) in [4.78, 5) is 11.5. The maximum atomic E-state index is 11.5. The van der Waals surface area contributed by atoms with E-state index < -0.39 is 5.54 Å². The summed E-state index contributed by atoms with van der Waals surface area (Å²) in [5.41, 5.74) is 5.23. The molecule has 0 saturated heterocycles. The van der Waals surface area contributed by atoms with Crippen molar-refractivity contribution in [3.8, 4) is 6.07 Å². The van der Waals surface area contributed by atoms with Gasteiger partial charge in [0.15, 0.2) is 0 Å². The van der Waals surface area contributed by atoms with Crippen LogP contribution in [0.5, 0.6) is 0 Å². The summed E-state index contributed by atoms with van der Waals surface area (Å²) in [5.74, 6) is -0.0970. The van der Waals surface area contributed by atoms with Crippen LogP contribution in [0, 0.1) is 11.3 Å². The molecule has 0 radical (unpaired) electrons. The molecule has 0 spiro atoms. The third-order valence-corrected chi connectivity index (χ3v) is 2.47. The standard InChI is InChI=1S/C9H15N3O/c10-6-3-7-12-8(13)9(11)4-1-2-5-9/h1-5,7,11H2,(H,12,13). The molecule has 4 nitrogen and oxygen atoms in total. The van der Waals surface area contributed by atoms with Gasteiger partial charge in [-0.25, -0.2) is 0 Å². The average Bonchev–Trinajstić information content (AvgIpc) is 2.54. The minimum Gasteiger partial charge on any atom is -0.353 e. The molecule has 3 N–H and O–H groups in total. The molecule has 0 heterocycles. The van der Waals surface area contributed by atoms with E-state index in [0.29, 0.717) is 13.0 Å². The van der Waals surface area contributed by atoms with Crippen molar-refractivity contribution in [1.82, 2.24) is 5.32 Å². The summed E-state index contributed by atoms with van der Waals surface area (Å²) < 4.78 is 0. The number of amides is 1. The number of carbonyl (C=O) groups excluding carboxylic acids is 1. The van der Waals surface area contributed by atoms with Gasteiger partial charge in [-0.15, -0.1) is 0 Å². The van der Waals surface area contributed by atoms with Gasteiger partial charge >= 0.3 is 0 Å². The average molecular weight is 181 g/mol. The zero-order valence-electron chi connectivity index (χ0n) is 7.68. The summed E-state index contributed by atoms with van der Waals surface area (Å²) in [6.45, 7) is 0.411. The lowest BCUT2D eigenvalue weighted by Gasteiger charge is -2.21. The lowest BCUT2D eigenvalue weighted by molar-refractivity contribution is -0.126. The molecule has 72 valence electrons. The van der Waals surface area contributed by atoms with Crippen LogP contribution in [0.3, 0.4) is 0 Å².